The van der Waals surface area contributed by atoms with E-state index in [0.717, 1.165) is 16.7 Å². The molecule has 0 saturated carbocycles. The van der Waals surface area contributed by atoms with E-state index in [-0.39, 0.29) is 18.4 Å². The Morgan fingerprint density at radius 3 is 2.21 bits per heavy atom. The zero-order valence-electron chi connectivity index (χ0n) is 14.1. The summed E-state index contributed by atoms with van der Waals surface area (Å²) >= 11 is 5.85. The van der Waals surface area contributed by atoms with Gasteiger partial charge in [-0.15, -0.1) is 0 Å². The second-order valence-corrected chi connectivity index (χ2v) is 6.37. The van der Waals surface area contributed by atoms with Gasteiger partial charge in [0.15, 0.2) is 0 Å². The van der Waals surface area contributed by atoms with Gasteiger partial charge in [-0.25, -0.2) is 0 Å². The predicted octanol–water partition coefficient (Wildman–Crippen LogP) is 3.35. The molecule has 24 heavy (non-hydrogen) atoms. The molecular formula is C19H21ClN2O2. The number of aryl methyl sites for hydroxylation is 2. The lowest BCUT2D eigenvalue weighted by Gasteiger charge is -2.18. The minimum Gasteiger partial charge on any atom is -0.343 e. The molecule has 126 valence electrons. The SMILES string of the molecule is Cc1cc(C)cc(C(=O)NCC(=O)N(C)Cc2ccc(Cl)cc2)c1. The molecule has 0 unspecified atom stereocenters. The van der Waals surface area contributed by atoms with Gasteiger partial charge in [0.1, 0.15) is 0 Å². The van der Waals surface area contributed by atoms with Gasteiger partial charge in [-0.3, -0.25) is 9.59 Å². The van der Waals surface area contributed by atoms with Crippen LogP contribution in [0.5, 0.6) is 0 Å². The van der Waals surface area contributed by atoms with Crippen LogP contribution in [0.2, 0.25) is 5.02 Å². The number of halogens is 1. The van der Waals surface area contributed by atoms with Gasteiger partial charge in [-0.1, -0.05) is 40.9 Å². The van der Waals surface area contributed by atoms with Crippen molar-refractivity contribution in [1.29, 1.82) is 0 Å². The van der Waals surface area contributed by atoms with Crippen molar-refractivity contribution < 1.29 is 9.59 Å². The first-order valence-electron chi connectivity index (χ1n) is 7.70. The summed E-state index contributed by atoms with van der Waals surface area (Å²) in [4.78, 5) is 25.9. The summed E-state index contributed by atoms with van der Waals surface area (Å²) in [6, 6.07) is 12.9. The molecule has 0 aliphatic heterocycles. The van der Waals surface area contributed by atoms with E-state index in [1.807, 2.05) is 44.2 Å². The number of nitrogens with zero attached hydrogens (tertiary/aromatic N) is 1. The van der Waals surface area contributed by atoms with Crippen LogP contribution in [0.15, 0.2) is 42.5 Å². The fraction of sp³-hybridized carbons (Fsp3) is 0.263. The first-order valence-corrected chi connectivity index (χ1v) is 8.08. The van der Waals surface area contributed by atoms with E-state index in [9.17, 15) is 9.59 Å². The number of carbonyl (C=O) groups is 2. The number of likely N-dealkylation sites (N-methyl/N-ethyl adjacent to an activating group) is 1. The Balaban J connectivity index is 1.89. The zero-order valence-corrected chi connectivity index (χ0v) is 14.9. The van der Waals surface area contributed by atoms with Crippen LogP contribution in [0.25, 0.3) is 0 Å². The predicted molar refractivity (Wildman–Crippen MR) is 96.2 cm³/mol. The monoisotopic (exact) mass is 344 g/mol. The highest BCUT2D eigenvalue weighted by Gasteiger charge is 2.12. The van der Waals surface area contributed by atoms with Gasteiger partial charge in [0, 0.05) is 24.2 Å². The van der Waals surface area contributed by atoms with Gasteiger partial charge >= 0.3 is 0 Å². The molecule has 2 aromatic carbocycles. The van der Waals surface area contributed by atoms with E-state index in [0.29, 0.717) is 17.1 Å². The van der Waals surface area contributed by atoms with Gasteiger partial charge in [-0.2, -0.15) is 0 Å². The van der Waals surface area contributed by atoms with Crippen LogP contribution in [-0.4, -0.2) is 30.3 Å². The lowest BCUT2D eigenvalue weighted by atomic mass is 10.1. The molecule has 2 amide bonds. The third kappa shape index (κ3) is 5.10. The molecule has 0 bridgehead atoms. The molecular weight excluding hydrogens is 324 g/mol. The molecule has 0 heterocycles. The van der Waals surface area contributed by atoms with E-state index in [1.54, 1.807) is 24.1 Å². The van der Waals surface area contributed by atoms with E-state index >= 15 is 0 Å². The molecule has 2 rings (SSSR count). The summed E-state index contributed by atoms with van der Waals surface area (Å²) in [5.74, 6) is -0.391. The average Bonchev–Trinajstić information content (AvgIpc) is 2.53. The highest BCUT2D eigenvalue weighted by Crippen LogP contribution is 2.11. The molecule has 0 atom stereocenters. The van der Waals surface area contributed by atoms with Crippen molar-refractivity contribution in [3.8, 4) is 0 Å². The molecule has 0 spiro atoms. The Hall–Kier alpha value is -2.33. The molecule has 0 radical (unpaired) electrons. The molecule has 4 nitrogen and oxygen atoms in total. The van der Waals surface area contributed by atoms with Crippen molar-refractivity contribution in [2.45, 2.75) is 20.4 Å². The van der Waals surface area contributed by atoms with Crippen LogP contribution in [0, 0.1) is 13.8 Å². The molecule has 2 aromatic rings. The molecule has 0 fully saturated rings. The molecule has 1 N–H and O–H groups in total. The third-order valence-electron chi connectivity index (χ3n) is 3.64. The summed E-state index contributed by atoms with van der Waals surface area (Å²) in [5, 5.41) is 3.34. The fourth-order valence-corrected chi connectivity index (χ4v) is 2.58. The Morgan fingerprint density at radius 2 is 1.62 bits per heavy atom. The summed E-state index contributed by atoms with van der Waals surface area (Å²) in [6.07, 6.45) is 0. The highest BCUT2D eigenvalue weighted by molar-refractivity contribution is 6.30. The average molecular weight is 345 g/mol. The first kappa shape index (κ1) is 18.0. The number of amides is 2. The highest BCUT2D eigenvalue weighted by atomic mass is 35.5. The zero-order chi connectivity index (χ0) is 17.7. The minimum atomic E-state index is -0.241. The van der Waals surface area contributed by atoms with Gasteiger partial charge in [0.2, 0.25) is 5.91 Å². The second-order valence-electron chi connectivity index (χ2n) is 5.94. The van der Waals surface area contributed by atoms with Gasteiger partial charge in [-0.05, 0) is 43.7 Å². The number of rotatable bonds is 5. The summed E-state index contributed by atoms with van der Waals surface area (Å²) in [7, 11) is 1.71. The molecule has 0 aromatic heterocycles. The quantitative estimate of drug-likeness (QED) is 0.904. The molecule has 5 heteroatoms. The summed E-state index contributed by atoms with van der Waals surface area (Å²) in [5.41, 5.74) is 3.59. The number of hydrogen-bond donors (Lipinski definition) is 1. The maximum absolute atomic E-state index is 12.2. The Bertz CT molecular complexity index is 721. The Kier molecular flexibility index (Phi) is 5.99. The molecule has 0 saturated heterocycles. The molecule has 0 aliphatic rings. The van der Waals surface area contributed by atoms with Crippen LogP contribution in [0.1, 0.15) is 27.0 Å². The number of hydrogen-bond acceptors (Lipinski definition) is 2. The van der Waals surface area contributed by atoms with Crippen LogP contribution < -0.4 is 5.32 Å². The first-order chi connectivity index (χ1) is 11.3. The summed E-state index contributed by atoms with van der Waals surface area (Å²) in [6.45, 7) is 4.31. The fourth-order valence-electron chi connectivity index (χ4n) is 2.45. The van der Waals surface area contributed by atoms with E-state index in [4.69, 9.17) is 11.6 Å². The van der Waals surface area contributed by atoms with E-state index < -0.39 is 0 Å². The normalized spacial score (nSPS) is 10.3. The topological polar surface area (TPSA) is 49.4 Å². The largest absolute Gasteiger partial charge is 0.343 e. The smallest absolute Gasteiger partial charge is 0.251 e. The lowest BCUT2D eigenvalue weighted by Crippen LogP contribution is -2.37. The maximum Gasteiger partial charge on any atom is 0.251 e. The second kappa shape index (κ2) is 7.97. The third-order valence-corrected chi connectivity index (χ3v) is 3.89. The number of nitrogens with one attached hydrogen (secondary N) is 1. The van der Waals surface area contributed by atoms with Crippen LogP contribution >= 0.6 is 11.6 Å². The van der Waals surface area contributed by atoms with Crippen LogP contribution in [-0.2, 0) is 11.3 Å². The van der Waals surface area contributed by atoms with Gasteiger partial charge < -0.3 is 10.2 Å². The van der Waals surface area contributed by atoms with Crippen molar-refractivity contribution in [2.75, 3.05) is 13.6 Å². The summed E-state index contributed by atoms with van der Waals surface area (Å²) < 4.78 is 0. The van der Waals surface area contributed by atoms with Crippen molar-refractivity contribution in [3.05, 3.63) is 69.7 Å². The number of carbonyl (C=O) groups excluding carboxylic acids is 2. The van der Waals surface area contributed by atoms with Gasteiger partial charge in [0.25, 0.3) is 5.91 Å². The minimum absolute atomic E-state index is 0.0318. The number of benzene rings is 2. The van der Waals surface area contributed by atoms with Crippen molar-refractivity contribution in [1.82, 2.24) is 10.2 Å². The van der Waals surface area contributed by atoms with Crippen molar-refractivity contribution in [2.24, 2.45) is 0 Å². The standard InChI is InChI=1S/C19H21ClN2O2/c1-13-8-14(2)10-16(9-13)19(24)21-11-18(23)22(3)12-15-4-6-17(20)7-5-15/h4-10H,11-12H2,1-3H3,(H,21,24). The van der Waals surface area contributed by atoms with Crippen LogP contribution in [0.3, 0.4) is 0 Å². The Labute approximate surface area is 147 Å². The van der Waals surface area contributed by atoms with E-state index in [1.165, 1.54) is 0 Å². The van der Waals surface area contributed by atoms with Gasteiger partial charge in [0.05, 0.1) is 6.54 Å². The van der Waals surface area contributed by atoms with Crippen LogP contribution in [0.4, 0.5) is 0 Å². The Morgan fingerprint density at radius 1 is 1.04 bits per heavy atom. The maximum atomic E-state index is 12.2. The molecule has 0 aliphatic carbocycles. The van der Waals surface area contributed by atoms with Crippen molar-refractivity contribution in [3.63, 3.8) is 0 Å². The lowest BCUT2D eigenvalue weighted by molar-refractivity contribution is -0.129. The van der Waals surface area contributed by atoms with Crippen molar-refractivity contribution >= 4 is 23.4 Å². The van der Waals surface area contributed by atoms with E-state index in [2.05, 4.69) is 5.32 Å².